The Bertz CT molecular complexity index is 422. The van der Waals surface area contributed by atoms with Crippen molar-refractivity contribution >= 4 is 23.2 Å². The van der Waals surface area contributed by atoms with Crippen molar-refractivity contribution in [2.24, 2.45) is 11.8 Å². The molecule has 1 heterocycles. The second-order valence-corrected chi connectivity index (χ2v) is 6.13. The van der Waals surface area contributed by atoms with Gasteiger partial charge < -0.3 is 5.32 Å². The molecule has 0 aromatic heterocycles. The zero-order valence-corrected chi connectivity index (χ0v) is 12.3. The molecular weight excluding hydrogens is 260 g/mol. The summed E-state index contributed by atoms with van der Waals surface area (Å²) >= 11 is 5.81. The minimum atomic E-state index is 0.0450. The number of nitrogens with zero attached hydrogens (tertiary/aromatic N) is 1. The molecule has 104 valence electrons. The maximum atomic E-state index is 12.0. The quantitative estimate of drug-likeness (QED) is 0.922. The van der Waals surface area contributed by atoms with Gasteiger partial charge in [-0.1, -0.05) is 25.4 Å². The largest absolute Gasteiger partial charge is 0.325 e. The molecule has 0 bridgehead atoms. The Labute approximate surface area is 119 Å². The number of amides is 1. The van der Waals surface area contributed by atoms with Gasteiger partial charge in [0, 0.05) is 23.8 Å². The van der Waals surface area contributed by atoms with Gasteiger partial charge in [-0.15, -0.1) is 0 Å². The molecule has 0 unspecified atom stereocenters. The van der Waals surface area contributed by atoms with Gasteiger partial charge in [-0.3, -0.25) is 9.69 Å². The van der Waals surface area contributed by atoms with Crippen LogP contribution in [0.4, 0.5) is 5.69 Å². The molecule has 1 aromatic rings. The highest BCUT2D eigenvalue weighted by molar-refractivity contribution is 6.30. The van der Waals surface area contributed by atoms with E-state index in [-0.39, 0.29) is 5.91 Å². The van der Waals surface area contributed by atoms with Crippen molar-refractivity contribution in [2.75, 3.05) is 25.0 Å². The fourth-order valence-electron chi connectivity index (χ4n) is 2.86. The summed E-state index contributed by atoms with van der Waals surface area (Å²) in [7, 11) is 0. The van der Waals surface area contributed by atoms with E-state index in [1.807, 2.05) is 12.1 Å². The van der Waals surface area contributed by atoms with E-state index in [0.717, 1.165) is 18.8 Å². The lowest BCUT2D eigenvalue weighted by atomic mass is 9.92. The predicted octanol–water partition coefficient (Wildman–Crippen LogP) is 3.26. The summed E-state index contributed by atoms with van der Waals surface area (Å²) in [6.45, 7) is 6.99. The highest BCUT2D eigenvalue weighted by atomic mass is 35.5. The maximum Gasteiger partial charge on any atom is 0.238 e. The molecule has 1 aliphatic rings. The van der Waals surface area contributed by atoms with Crippen LogP contribution in [0.15, 0.2) is 24.3 Å². The lowest BCUT2D eigenvalue weighted by Gasteiger charge is -2.34. The van der Waals surface area contributed by atoms with Gasteiger partial charge in [-0.05, 0) is 42.5 Å². The van der Waals surface area contributed by atoms with Crippen molar-refractivity contribution in [2.45, 2.75) is 20.3 Å². The number of piperidine rings is 1. The second-order valence-electron chi connectivity index (χ2n) is 5.70. The van der Waals surface area contributed by atoms with Crippen molar-refractivity contribution < 1.29 is 4.79 Å². The van der Waals surface area contributed by atoms with Crippen LogP contribution < -0.4 is 5.32 Å². The second kappa shape index (κ2) is 6.40. The molecule has 19 heavy (non-hydrogen) atoms. The molecule has 4 heteroatoms. The van der Waals surface area contributed by atoms with E-state index in [9.17, 15) is 4.79 Å². The van der Waals surface area contributed by atoms with E-state index in [2.05, 4.69) is 24.1 Å². The minimum absolute atomic E-state index is 0.0450. The average Bonchev–Trinajstić information content (AvgIpc) is 2.30. The summed E-state index contributed by atoms with van der Waals surface area (Å²) in [5, 5.41) is 3.58. The fraction of sp³-hybridized carbons (Fsp3) is 0.533. The molecule has 1 saturated heterocycles. The average molecular weight is 281 g/mol. The van der Waals surface area contributed by atoms with Crippen molar-refractivity contribution in [3.63, 3.8) is 0 Å². The van der Waals surface area contributed by atoms with Crippen LogP contribution in [0.3, 0.4) is 0 Å². The van der Waals surface area contributed by atoms with Gasteiger partial charge in [0.05, 0.1) is 6.54 Å². The molecule has 0 radical (unpaired) electrons. The molecule has 1 aromatic carbocycles. The van der Waals surface area contributed by atoms with Gasteiger partial charge in [0.1, 0.15) is 0 Å². The highest BCUT2D eigenvalue weighted by Gasteiger charge is 2.23. The summed E-state index contributed by atoms with van der Waals surface area (Å²) in [6.07, 6.45) is 1.26. The Morgan fingerprint density at radius 2 is 1.84 bits per heavy atom. The Kier molecular flexibility index (Phi) is 4.83. The van der Waals surface area contributed by atoms with Crippen LogP contribution >= 0.6 is 11.6 Å². The van der Waals surface area contributed by atoms with Crippen molar-refractivity contribution in [1.29, 1.82) is 0 Å². The van der Waals surface area contributed by atoms with E-state index in [0.29, 0.717) is 23.4 Å². The van der Waals surface area contributed by atoms with Gasteiger partial charge in [0.25, 0.3) is 0 Å². The van der Waals surface area contributed by atoms with Gasteiger partial charge in [-0.25, -0.2) is 0 Å². The van der Waals surface area contributed by atoms with Crippen LogP contribution in [0.25, 0.3) is 0 Å². The Balaban J connectivity index is 1.85. The number of carbonyl (C=O) groups excluding carboxylic acids is 1. The normalized spacial score (nSPS) is 24.2. The van der Waals surface area contributed by atoms with E-state index < -0.39 is 0 Å². The van der Waals surface area contributed by atoms with Crippen LogP contribution in [0.1, 0.15) is 20.3 Å². The summed E-state index contributed by atoms with van der Waals surface area (Å²) in [4.78, 5) is 14.2. The first kappa shape index (κ1) is 14.4. The lowest BCUT2D eigenvalue weighted by molar-refractivity contribution is -0.117. The number of hydrogen-bond acceptors (Lipinski definition) is 2. The SMILES string of the molecule is C[C@@H]1C[C@@H](C)CN(CC(=O)Nc2ccc(Cl)cc2)C1. The minimum Gasteiger partial charge on any atom is -0.325 e. The third-order valence-corrected chi connectivity index (χ3v) is 3.69. The number of rotatable bonds is 3. The van der Waals surface area contributed by atoms with Crippen molar-refractivity contribution in [1.82, 2.24) is 4.90 Å². The van der Waals surface area contributed by atoms with Crippen LogP contribution in [-0.4, -0.2) is 30.4 Å². The lowest BCUT2D eigenvalue weighted by Crippen LogP contribution is -2.42. The summed E-state index contributed by atoms with van der Waals surface area (Å²) < 4.78 is 0. The fourth-order valence-corrected chi connectivity index (χ4v) is 2.98. The Morgan fingerprint density at radius 3 is 2.42 bits per heavy atom. The third kappa shape index (κ3) is 4.51. The number of likely N-dealkylation sites (tertiary alicyclic amines) is 1. The van der Waals surface area contributed by atoms with Crippen LogP contribution in [-0.2, 0) is 4.79 Å². The van der Waals surface area contributed by atoms with Gasteiger partial charge in [0.15, 0.2) is 0 Å². The topological polar surface area (TPSA) is 32.3 Å². The van der Waals surface area contributed by atoms with E-state index >= 15 is 0 Å². The first-order valence-electron chi connectivity index (χ1n) is 6.80. The first-order valence-corrected chi connectivity index (χ1v) is 7.18. The monoisotopic (exact) mass is 280 g/mol. The summed E-state index contributed by atoms with van der Waals surface area (Å²) in [6, 6.07) is 7.20. The number of hydrogen-bond donors (Lipinski definition) is 1. The number of nitrogens with one attached hydrogen (secondary N) is 1. The molecule has 2 atom stereocenters. The molecule has 1 fully saturated rings. The van der Waals surface area contributed by atoms with Crippen LogP contribution in [0.2, 0.25) is 5.02 Å². The molecule has 1 aliphatic heterocycles. The molecule has 0 saturated carbocycles. The predicted molar refractivity (Wildman–Crippen MR) is 79.5 cm³/mol. The van der Waals surface area contributed by atoms with Crippen molar-refractivity contribution in [3.05, 3.63) is 29.3 Å². The van der Waals surface area contributed by atoms with E-state index in [1.54, 1.807) is 12.1 Å². The van der Waals surface area contributed by atoms with Gasteiger partial charge in [0.2, 0.25) is 5.91 Å². The Morgan fingerprint density at radius 1 is 1.26 bits per heavy atom. The van der Waals surface area contributed by atoms with Crippen molar-refractivity contribution in [3.8, 4) is 0 Å². The van der Waals surface area contributed by atoms with Crippen LogP contribution in [0, 0.1) is 11.8 Å². The molecule has 1 N–H and O–H groups in total. The Hall–Kier alpha value is -1.06. The smallest absolute Gasteiger partial charge is 0.238 e. The molecule has 0 aliphatic carbocycles. The molecule has 1 amide bonds. The number of carbonyl (C=O) groups is 1. The molecule has 3 nitrogen and oxygen atoms in total. The zero-order chi connectivity index (χ0) is 13.8. The maximum absolute atomic E-state index is 12.0. The van der Waals surface area contributed by atoms with Gasteiger partial charge >= 0.3 is 0 Å². The molecular formula is C15H21ClN2O. The summed E-state index contributed by atoms with van der Waals surface area (Å²) in [5.41, 5.74) is 0.799. The number of benzene rings is 1. The highest BCUT2D eigenvalue weighted by Crippen LogP contribution is 2.20. The third-order valence-electron chi connectivity index (χ3n) is 3.44. The molecule has 0 spiro atoms. The van der Waals surface area contributed by atoms with Gasteiger partial charge in [-0.2, -0.15) is 0 Å². The van der Waals surface area contributed by atoms with Crippen LogP contribution in [0.5, 0.6) is 0 Å². The zero-order valence-electron chi connectivity index (χ0n) is 11.5. The number of halogens is 1. The van der Waals surface area contributed by atoms with E-state index in [1.165, 1.54) is 6.42 Å². The molecule has 2 rings (SSSR count). The number of anilines is 1. The summed E-state index contributed by atoms with van der Waals surface area (Å²) in [5.74, 6) is 1.39. The first-order chi connectivity index (χ1) is 9.02. The van der Waals surface area contributed by atoms with E-state index in [4.69, 9.17) is 11.6 Å². The standard InChI is InChI=1S/C15H21ClN2O/c1-11-7-12(2)9-18(8-11)10-15(19)17-14-5-3-13(16)4-6-14/h3-6,11-12H,7-10H2,1-2H3,(H,17,19)/t11-,12-/m1/s1.